The van der Waals surface area contributed by atoms with Gasteiger partial charge < -0.3 is 4.42 Å². The van der Waals surface area contributed by atoms with Gasteiger partial charge in [0.05, 0.1) is 21.9 Å². The van der Waals surface area contributed by atoms with Crippen LogP contribution >= 0.6 is 0 Å². The minimum atomic E-state index is -3.75. The van der Waals surface area contributed by atoms with Gasteiger partial charge >= 0.3 is 0 Å². The van der Waals surface area contributed by atoms with Crippen molar-refractivity contribution in [3.8, 4) is 11.3 Å². The molecule has 8 heteroatoms. The first-order valence-electron chi connectivity index (χ1n) is 9.55. The highest BCUT2D eigenvalue weighted by Crippen LogP contribution is 2.29. The monoisotopic (exact) mass is 435 g/mol. The molecule has 3 aromatic rings. The van der Waals surface area contributed by atoms with E-state index in [-0.39, 0.29) is 10.8 Å². The molecule has 1 aliphatic heterocycles. The summed E-state index contributed by atoms with van der Waals surface area (Å²) in [4.78, 5) is 13.0. The third-order valence-corrected chi connectivity index (χ3v) is 6.11. The number of hydrazone groups is 1. The molecule has 2 N–H and O–H groups in total. The van der Waals surface area contributed by atoms with Crippen molar-refractivity contribution in [1.29, 1.82) is 0 Å². The van der Waals surface area contributed by atoms with Gasteiger partial charge in [-0.2, -0.15) is 10.1 Å². The summed E-state index contributed by atoms with van der Waals surface area (Å²) in [6.45, 7) is 5.79. The molecule has 0 bridgehead atoms. The van der Waals surface area contributed by atoms with Crippen molar-refractivity contribution in [2.45, 2.75) is 25.7 Å². The Balaban J connectivity index is 1.60. The normalized spacial score (nSPS) is 15.6. The van der Waals surface area contributed by atoms with E-state index in [1.165, 1.54) is 17.1 Å². The van der Waals surface area contributed by atoms with Crippen molar-refractivity contribution in [2.75, 3.05) is 5.01 Å². The van der Waals surface area contributed by atoms with Crippen molar-refractivity contribution in [3.63, 3.8) is 0 Å². The second kappa shape index (κ2) is 7.64. The second-order valence-electron chi connectivity index (χ2n) is 7.40. The Morgan fingerprint density at radius 3 is 2.32 bits per heavy atom. The molecule has 0 saturated heterocycles. The number of aryl methyl sites for hydroxylation is 2. The lowest BCUT2D eigenvalue weighted by Gasteiger charge is -2.13. The number of carbonyl (C=O) groups excluding carboxylic acids is 1. The lowest BCUT2D eigenvalue weighted by Crippen LogP contribution is -2.21. The average molecular weight is 436 g/mol. The van der Waals surface area contributed by atoms with E-state index in [1.54, 1.807) is 37.3 Å². The SMILES string of the molecule is CC1=NN(c2ccc(C)c(C)c2)C(=O)C1=Cc1ccc(-c2ccc(S(N)(=O)=O)cc2)o1. The van der Waals surface area contributed by atoms with Gasteiger partial charge in [-0.15, -0.1) is 0 Å². The third kappa shape index (κ3) is 4.08. The van der Waals surface area contributed by atoms with E-state index in [1.807, 2.05) is 32.0 Å². The van der Waals surface area contributed by atoms with Crippen LogP contribution in [0, 0.1) is 13.8 Å². The van der Waals surface area contributed by atoms with E-state index in [4.69, 9.17) is 9.56 Å². The van der Waals surface area contributed by atoms with E-state index >= 15 is 0 Å². The molecule has 31 heavy (non-hydrogen) atoms. The third-order valence-electron chi connectivity index (χ3n) is 5.18. The molecule has 7 nitrogen and oxygen atoms in total. The van der Waals surface area contributed by atoms with Crippen molar-refractivity contribution in [2.24, 2.45) is 10.2 Å². The fourth-order valence-corrected chi connectivity index (χ4v) is 3.77. The van der Waals surface area contributed by atoms with Crippen LogP contribution in [0.5, 0.6) is 0 Å². The smallest absolute Gasteiger partial charge is 0.280 e. The fraction of sp³-hybridized carbons (Fsp3) is 0.130. The van der Waals surface area contributed by atoms with Gasteiger partial charge in [0, 0.05) is 5.56 Å². The van der Waals surface area contributed by atoms with Crippen LogP contribution in [0.2, 0.25) is 0 Å². The van der Waals surface area contributed by atoms with Crippen LogP contribution in [-0.4, -0.2) is 20.0 Å². The van der Waals surface area contributed by atoms with E-state index in [9.17, 15) is 13.2 Å². The second-order valence-corrected chi connectivity index (χ2v) is 8.96. The maximum Gasteiger partial charge on any atom is 0.280 e. The fourth-order valence-electron chi connectivity index (χ4n) is 3.25. The Hall–Kier alpha value is -3.49. The predicted molar refractivity (Wildman–Crippen MR) is 120 cm³/mol. The summed E-state index contributed by atoms with van der Waals surface area (Å²) in [5, 5.41) is 10.9. The molecule has 4 rings (SSSR count). The number of benzene rings is 2. The average Bonchev–Trinajstić information content (AvgIpc) is 3.30. The molecular weight excluding hydrogens is 414 g/mol. The summed E-state index contributed by atoms with van der Waals surface area (Å²) in [6, 6.07) is 15.3. The lowest BCUT2D eigenvalue weighted by molar-refractivity contribution is -0.114. The van der Waals surface area contributed by atoms with Gasteiger partial charge in [-0.25, -0.2) is 13.6 Å². The Morgan fingerprint density at radius 2 is 1.68 bits per heavy atom. The quantitative estimate of drug-likeness (QED) is 0.625. The molecule has 0 spiro atoms. The molecule has 0 aliphatic carbocycles. The number of anilines is 1. The van der Waals surface area contributed by atoms with E-state index < -0.39 is 10.0 Å². The summed E-state index contributed by atoms with van der Waals surface area (Å²) in [6.07, 6.45) is 1.66. The number of amides is 1. The van der Waals surface area contributed by atoms with Crippen LogP contribution in [0.15, 0.2) is 74.6 Å². The summed E-state index contributed by atoms with van der Waals surface area (Å²) in [5.41, 5.74) is 4.68. The molecule has 1 aromatic heterocycles. The number of furan rings is 1. The molecule has 2 aromatic carbocycles. The molecule has 0 saturated carbocycles. The minimum Gasteiger partial charge on any atom is -0.457 e. The number of carbonyl (C=O) groups is 1. The Kier molecular flexibility index (Phi) is 5.12. The Morgan fingerprint density at radius 1 is 0.968 bits per heavy atom. The first kappa shape index (κ1) is 20.8. The molecular formula is C23H21N3O4S. The number of hydrogen-bond donors (Lipinski definition) is 1. The highest BCUT2D eigenvalue weighted by molar-refractivity contribution is 7.89. The van der Waals surface area contributed by atoms with Gasteiger partial charge in [0.25, 0.3) is 5.91 Å². The van der Waals surface area contributed by atoms with Crippen molar-refractivity contribution in [1.82, 2.24) is 0 Å². The zero-order valence-electron chi connectivity index (χ0n) is 17.3. The highest BCUT2D eigenvalue weighted by Gasteiger charge is 2.29. The minimum absolute atomic E-state index is 0.0278. The number of rotatable bonds is 4. The first-order valence-corrected chi connectivity index (χ1v) is 11.1. The number of hydrogen-bond acceptors (Lipinski definition) is 5. The lowest BCUT2D eigenvalue weighted by atomic mass is 10.1. The van der Waals surface area contributed by atoms with Crippen LogP contribution in [0.4, 0.5) is 5.69 Å². The van der Waals surface area contributed by atoms with Crippen molar-refractivity contribution in [3.05, 3.63) is 77.1 Å². The van der Waals surface area contributed by atoms with Crippen molar-refractivity contribution < 1.29 is 17.6 Å². The van der Waals surface area contributed by atoms with E-state index in [0.29, 0.717) is 34.1 Å². The summed E-state index contributed by atoms with van der Waals surface area (Å²) in [7, 11) is -3.75. The molecule has 0 unspecified atom stereocenters. The molecule has 2 heterocycles. The number of sulfonamides is 1. The maximum atomic E-state index is 13.0. The molecule has 0 fully saturated rings. The van der Waals surface area contributed by atoms with Crippen LogP contribution in [-0.2, 0) is 14.8 Å². The van der Waals surface area contributed by atoms with Gasteiger partial charge in [0.1, 0.15) is 11.5 Å². The molecule has 1 aliphatic rings. The van der Waals surface area contributed by atoms with E-state index in [0.717, 1.165) is 11.1 Å². The van der Waals surface area contributed by atoms with Gasteiger partial charge in [-0.1, -0.05) is 6.07 Å². The van der Waals surface area contributed by atoms with Gasteiger partial charge in [0.15, 0.2) is 0 Å². The summed E-state index contributed by atoms with van der Waals surface area (Å²) in [5.74, 6) is 0.806. The molecule has 0 radical (unpaired) electrons. The van der Waals surface area contributed by atoms with Gasteiger partial charge in [0.2, 0.25) is 10.0 Å². The maximum absolute atomic E-state index is 13.0. The van der Waals surface area contributed by atoms with E-state index in [2.05, 4.69) is 5.10 Å². The number of nitrogens with zero attached hydrogens (tertiary/aromatic N) is 2. The zero-order valence-corrected chi connectivity index (χ0v) is 18.1. The molecule has 0 atom stereocenters. The van der Waals surface area contributed by atoms with Crippen LogP contribution in [0.25, 0.3) is 17.4 Å². The largest absolute Gasteiger partial charge is 0.457 e. The Labute approximate surface area is 180 Å². The Bertz CT molecular complexity index is 1350. The van der Waals surface area contributed by atoms with Gasteiger partial charge in [-0.3, -0.25) is 4.79 Å². The topological polar surface area (TPSA) is 106 Å². The predicted octanol–water partition coefficient (Wildman–Crippen LogP) is 4.02. The van der Waals surface area contributed by atoms with Crippen LogP contribution in [0.3, 0.4) is 0 Å². The van der Waals surface area contributed by atoms with Crippen molar-refractivity contribution >= 4 is 33.4 Å². The number of primary sulfonamides is 1. The van der Waals surface area contributed by atoms with Crippen LogP contribution in [0.1, 0.15) is 23.8 Å². The molecule has 158 valence electrons. The highest BCUT2D eigenvalue weighted by atomic mass is 32.2. The first-order chi connectivity index (χ1) is 14.6. The van der Waals surface area contributed by atoms with Gasteiger partial charge in [-0.05, 0) is 86.5 Å². The standard InChI is InChI=1S/C23H21N3O4S/c1-14-4-7-18(12-15(14)2)26-23(27)21(16(3)25-26)13-19-8-11-22(30-19)17-5-9-20(10-6-17)31(24,28)29/h4-13H,1-3H3,(H2,24,28,29). The molecule has 1 amide bonds. The van der Waals surface area contributed by atoms with Crippen LogP contribution < -0.4 is 10.1 Å². The summed E-state index contributed by atoms with van der Waals surface area (Å²) < 4.78 is 28.7. The summed E-state index contributed by atoms with van der Waals surface area (Å²) >= 11 is 0. The zero-order chi connectivity index (χ0) is 22.3. The number of nitrogens with two attached hydrogens (primary N) is 1.